The number of rotatable bonds is 1. The van der Waals surface area contributed by atoms with Crippen LogP contribution in [0.3, 0.4) is 0 Å². The zero-order valence-corrected chi connectivity index (χ0v) is 11.4. The molecule has 0 fully saturated rings. The lowest BCUT2D eigenvalue weighted by Gasteiger charge is -2.31. The van der Waals surface area contributed by atoms with Crippen LogP contribution in [-0.4, -0.2) is 13.2 Å². The largest absolute Gasteiger partial charge is 0.490 e. The van der Waals surface area contributed by atoms with Crippen molar-refractivity contribution in [3.63, 3.8) is 0 Å². The lowest BCUT2D eigenvalue weighted by atomic mass is 10.2. The summed E-state index contributed by atoms with van der Waals surface area (Å²) in [5.74, 6) is 0.973. The van der Waals surface area contributed by atoms with Gasteiger partial charge in [0.2, 0.25) is 0 Å². The molecule has 0 spiro atoms. The number of ether oxygens (including phenoxy) is 1. The summed E-state index contributed by atoms with van der Waals surface area (Å²) in [4.78, 5) is 2.31. The third-order valence-corrected chi connectivity index (χ3v) is 3.52. The van der Waals surface area contributed by atoms with E-state index in [9.17, 15) is 0 Å². The summed E-state index contributed by atoms with van der Waals surface area (Å²) < 4.78 is 6.91. The van der Waals surface area contributed by atoms with E-state index in [0.29, 0.717) is 0 Å². The molecular formula is C14H12INO. The predicted molar refractivity (Wildman–Crippen MR) is 78.1 cm³/mol. The van der Waals surface area contributed by atoms with Crippen LogP contribution in [0, 0.1) is 3.57 Å². The van der Waals surface area contributed by atoms with Gasteiger partial charge in [0.1, 0.15) is 12.4 Å². The van der Waals surface area contributed by atoms with Gasteiger partial charge < -0.3 is 9.64 Å². The monoisotopic (exact) mass is 337 g/mol. The van der Waals surface area contributed by atoms with Crippen LogP contribution < -0.4 is 9.64 Å². The van der Waals surface area contributed by atoms with Crippen molar-refractivity contribution in [3.05, 3.63) is 52.1 Å². The van der Waals surface area contributed by atoms with Crippen LogP contribution in [-0.2, 0) is 0 Å². The van der Waals surface area contributed by atoms with E-state index in [1.807, 2.05) is 12.1 Å². The van der Waals surface area contributed by atoms with E-state index in [1.54, 1.807) is 0 Å². The molecule has 17 heavy (non-hydrogen) atoms. The Morgan fingerprint density at radius 1 is 1.06 bits per heavy atom. The van der Waals surface area contributed by atoms with Crippen molar-refractivity contribution in [2.75, 3.05) is 18.1 Å². The molecule has 3 heteroatoms. The number of nitrogens with zero attached hydrogens (tertiary/aromatic N) is 1. The molecule has 2 aromatic rings. The van der Waals surface area contributed by atoms with Crippen LogP contribution >= 0.6 is 22.6 Å². The lowest BCUT2D eigenvalue weighted by Crippen LogP contribution is -2.28. The number of halogens is 1. The number of benzene rings is 2. The van der Waals surface area contributed by atoms with Gasteiger partial charge in [0.05, 0.1) is 12.2 Å². The molecule has 1 aliphatic heterocycles. The first kappa shape index (κ1) is 10.9. The maximum atomic E-state index is 5.69. The molecule has 0 aliphatic carbocycles. The van der Waals surface area contributed by atoms with E-state index in [2.05, 4.69) is 63.9 Å². The van der Waals surface area contributed by atoms with E-state index in [-0.39, 0.29) is 0 Å². The fraction of sp³-hybridized carbons (Fsp3) is 0.143. The highest BCUT2D eigenvalue weighted by molar-refractivity contribution is 14.1. The van der Waals surface area contributed by atoms with Gasteiger partial charge in [-0.3, -0.25) is 0 Å². The molecule has 86 valence electrons. The molecular weight excluding hydrogens is 325 g/mol. The van der Waals surface area contributed by atoms with E-state index >= 15 is 0 Å². The maximum Gasteiger partial charge on any atom is 0.143 e. The van der Waals surface area contributed by atoms with E-state index < -0.39 is 0 Å². The van der Waals surface area contributed by atoms with Crippen molar-refractivity contribution < 1.29 is 4.74 Å². The van der Waals surface area contributed by atoms with E-state index in [4.69, 9.17) is 4.74 Å². The summed E-state index contributed by atoms with van der Waals surface area (Å²) >= 11 is 2.33. The Labute approximate surface area is 114 Å². The van der Waals surface area contributed by atoms with Crippen molar-refractivity contribution in [2.24, 2.45) is 0 Å². The Morgan fingerprint density at radius 2 is 1.88 bits per heavy atom. The SMILES string of the molecule is Ic1ccc2c(c1)N(c1ccccc1)CCO2. The third-order valence-electron chi connectivity index (χ3n) is 2.85. The molecule has 0 saturated heterocycles. The molecule has 0 amide bonds. The summed E-state index contributed by atoms with van der Waals surface area (Å²) in [6.07, 6.45) is 0. The number of fused-ring (bicyclic) bond motifs is 1. The lowest BCUT2D eigenvalue weighted by molar-refractivity contribution is 0.314. The summed E-state index contributed by atoms with van der Waals surface area (Å²) in [5.41, 5.74) is 2.38. The van der Waals surface area contributed by atoms with Crippen molar-refractivity contribution in [1.82, 2.24) is 0 Å². The van der Waals surface area contributed by atoms with Gasteiger partial charge in [0.15, 0.2) is 0 Å². The van der Waals surface area contributed by atoms with Gasteiger partial charge in [0.25, 0.3) is 0 Å². The molecule has 0 saturated carbocycles. The van der Waals surface area contributed by atoms with Crippen molar-refractivity contribution in [3.8, 4) is 5.75 Å². The van der Waals surface area contributed by atoms with Crippen LogP contribution in [0.15, 0.2) is 48.5 Å². The fourth-order valence-corrected chi connectivity index (χ4v) is 2.54. The van der Waals surface area contributed by atoms with Crippen LogP contribution in [0.4, 0.5) is 11.4 Å². The fourth-order valence-electron chi connectivity index (χ4n) is 2.07. The normalized spacial score (nSPS) is 14.1. The second-order valence-corrected chi connectivity index (χ2v) is 5.19. The third kappa shape index (κ3) is 2.11. The van der Waals surface area contributed by atoms with Gasteiger partial charge in [-0.25, -0.2) is 0 Å². The van der Waals surface area contributed by atoms with Crippen LogP contribution in [0.1, 0.15) is 0 Å². The Balaban J connectivity index is 2.08. The minimum absolute atomic E-state index is 0.739. The molecule has 1 aliphatic rings. The topological polar surface area (TPSA) is 12.5 Å². The second kappa shape index (κ2) is 4.56. The molecule has 0 bridgehead atoms. The van der Waals surface area contributed by atoms with Gasteiger partial charge >= 0.3 is 0 Å². The summed E-state index contributed by atoms with van der Waals surface area (Å²) in [6, 6.07) is 16.7. The van der Waals surface area contributed by atoms with Crippen molar-refractivity contribution in [2.45, 2.75) is 0 Å². The van der Waals surface area contributed by atoms with Crippen LogP contribution in [0.25, 0.3) is 0 Å². The summed E-state index contributed by atoms with van der Waals surface area (Å²) in [7, 11) is 0. The molecule has 0 aromatic heterocycles. The zero-order valence-electron chi connectivity index (χ0n) is 9.27. The van der Waals surface area contributed by atoms with Gasteiger partial charge in [-0.1, -0.05) is 18.2 Å². The Kier molecular flexibility index (Phi) is 2.93. The maximum absolute atomic E-state index is 5.69. The molecule has 0 radical (unpaired) electrons. The molecule has 3 rings (SSSR count). The average Bonchev–Trinajstić information content (AvgIpc) is 2.39. The van der Waals surface area contributed by atoms with Crippen molar-refractivity contribution in [1.29, 1.82) is 0 Å². The van der Waals surface area contributed by atoms with Crippen LogP contribution in [0.2, 0.25) is 0 Å². The van der Waals surface area contributed by atoms with Gasteiger partial charge in [-0.05, 0) is 52.9 Å². The number of para-hydroxylation sites is 1. The molecule has 2 aromatic carbocycles. The quantitative estimate of drug-likeness (QED) is 0.734. The predicted octanol–water partition coefficient (Wildman–Crippen LogP) is 3.82. The number of anilines is 2. The molecule has 0 N–H and O–H groups in total. The first-order valence-electron chi connectivity index (χ1n) is 5.59. The minimum Gasteiger partial charge on any atom is -0.490 e. The van der Waals surface area contributed by atoms with E-state index in [0.717, 1.165) is 24.6 Å². The number of hydrogen-bond acceptors (Lipinski definition) is 2. The van der Waals surface area contributed by atoms with Gasteiger partial charge in [-0.15, -0.1) is 0 Å². The first-order chi connectivity index (χ1) is 8.34. The van der Waals surface area contributed by atoms with Gasteiger partial charge in [0, 0.05) is 9.26 Å². The highest BCUT2D eigenvalue weighted by atomic mass is 127. The Hall–Kier alpha value is -1.23. The number of hydrogen-bond donors (Lipinski definition) is 0. The van der Waals surface area contributed by atoms with Gasteiger partial charge in [-0.2, -0.15) is 0 Å². The zero-order chi connectivity index (χ0) is 11.7. The molecule has 0 atom stereocenters. The standard InChI is InChI=1S/C14H12INO/c15-11-6-7-14-13(10-11)16(8-9-17-14)12-4-2-1-3-5-12/h1-7,10H,8-9H2. The Morgan fingerprint density at radius 3 is 2.71 bits per heavy atom. The highest BCUT2D eigenvalue weighted by Gasteiger charge is 2.19. The van der Waals surface area contributed by atoms with E-state index in [1.165, 1.54) is 9.26 Å². The van der Waals surface area contributed by atoms with Crippen molar-refractivity contribution >= 4 is 34.0 Å². The summed E-state index contributed by atoms with van der Waals surface area (Å²) in [5, 5.41) is 0. The minimum atomic E-state index is 0.739. The average molecular weight is 337 g/mol. The highest BCUT2D eigenvalue weighted by Crippen LogP contribution is 2.37. The first-order valence-corrected chi connectivity index (χ1v) is 6.67. The molecule has 0 unspecified atom stereocenters. The smallest absolute Gasteiger partial charge is 0.143 e. The Bertz CT molecular complexity index is 527. The van der Waals surface area contributed by atoms with Crippen LogP contribution in [0.5, 0.6) is 5.75 Å². The summed E-state index contributed by atoms with van der Waals surface area (Å²) in [6.45, 7) is 1.64. The molecule has 2 nitrogen and oxygen atoms in total. The second-order valence-electron chi connectivity index (χ2n) is 3.95. The molecule has 1 heterocycles.